The monoisotopic (exact) mass is 247 g/mol. The first-order valence-corrected chi connectivity index (χ1v) is 6.85. The van der Waals surface area contributed by atoms with Crippen molar-refractivity contribution in [2.75, 3.05) is 27.2 Å². The minimum absolute atomic E-state index is 0.632. The summed E-state index contributed by atoms with van der Waals surface area (Å²) >= 11 is 0. The van der Waals surface area contributed by atoms with E-state index in [1.165, 1.54) is 37.1 Å². The van der Waals surface area contributed by atoms with Gasteiger partial charge in [-0.05, 0) is 44.6 Å². The van der Waals surface area contributed by atoms with Gasteiger partial charge in [-0.3, -0.25) is 4.90 Å². The van der Waals surface area contributed by atoms with Crippen molar-refractivity contribution >= 4 is 0 Å². The highest BCUT2D eigenvalue weighted by atomic mass is 15.2. The quantitative estimate of drug-likeness (QED) is 0.859. The molecule has 0 bridgehead atoms. The first-order chi connectivity index (χ1) is 8.69. The van der Waals surface area contributed by atoms with Crippen LogP contribution in [0.15, 0.2) is 24.3 Å². The fraction of sp³-hybridized carbons (Fsp3) is 0.600. The zero-order chi connectivity index (χ0) is 13.0. The van der Waals surface area contributed by atoms with E-state index in [9.17, 15) is 0 Å². The molecule has 1 aliphatic rings. The number of benzene rings is 1. The van der Waals surface area contributed by atoms with Crippen molar-refractivity contribution in [3.8, 4) is 0 Å². The zero-order valence-electron chi connectivity index (χ0n) is 11.6. The predicted octanol–water partition coefficient (Wildman–Crippen LogP) is 1.67. The highest BCUT2D eigenvalue weighted by Gasteiger charge is 2.24. The molecular formula is C15H25N3. The lowest BCUT2D eigenvalue weighted by Crippen LogP contribution is -2.37. The average molecular weight is 247 g/mol. The fourth-order valence-electron chi connectivity index (χ4n) is 2.75. The molecular weight excluding hydrogens is 222 g/mol. The molecule has 1 aliphatic heterocycles. The van der Waals surface area contributed by atoms with E-state index in [1.54, 1.807) is 0 Å². The highest BCUT2D eigenvalue weighted by Crippen LogP contribution is 2.20. The maximum Gasteiger partial charge on any atom is 0.0237 e. The third kappa shape index (κ3) is 3.55. The van der Waals surface area contributed by atoms with Gasteiger partial charge in [0.2, 0.25) is 0 Å². The third-order valence-electron chi connectivity index (χ3n) is 3.72. The molecule has 1 aromatic carbocycles. The number of likely N-dealkylation sites (tertiary alicyclic amines) is 1. The lowest BCUT2D eigenvalue weighted by Gasteiger charge is -2.27. The fourth-order valence-corrected chi connectivity index (χ4v) is 2.75. The van der Waals surface area contributed by atoms with Crippen LogP contribution in [0.2, 0.25) is 0 Å². The standard InChI is InChI=1S/C15H25N3/c1-17(2)12-15-4-3-9-18(15)11-14-7-5-13(10-16)6-8-14/h5-8,15H,3-4,9-12,16H2,1-2H3. The van der Waals surface area contributed by atoms with Gasteiger partial charge in [0.1, 0.15) is 0 Å². The molecule has 1 aromatic rings. The van der Waals surface area contributed by atoms with E-state index >= 15 is 0 Å². The van der Waals surface area contributed by atoms with Crippen molar-refractivity contribution in [1.82, 2.24) is 9.80 Å². The number of rotatable bonds is 5. The second-order valence-corrected chi connectivity index (χ2v) is 5.55. The highest BCUT2D eigenvalue weighted by molar-refractivity contribution is 5.22. The van der Waals surface area contributed by atoms with Gasteiger partial charge in [0.15, 0.2) is 0 Å². The zero-order valence-corrected chi connectivity index (χ0v) is 11.6. The minimum atomic E-state index is 0.632. The van der Waals surface area contributed by atoms with Crippen LogP contribution in [-0.4, -0.2) is 43.0 Å². The topological polar surface area (TPSA) is 32.5 Å². The summed E-state index contributed by atoms with van der Waals surface area (Å²) in [4.78, 5) is 4.90. The first kappa shape index (κ1) is 13.5. The molecule has 1 saturated heterocycles. The molecule has 0 amide bonds. The van der Waals surface area contributed by atoms with Crippen LogP contribution in [0.25, 0.3) is 0 Å². The Morgan fingerprint density at radius 1 is 1.22 bits per heavy atom. The second-order valence-electron chi connectivity index (χ2n) is 5.55. The Bertz CT molecular complexity index is 359. The van der Waals surface area contributed by atoms with Gasteiger partial charge < -0.3 is 10.6 Å². The van der Waals surface area contributed by atoms with Crippen LogP contribution in [0.5, 0.6) is 0 Å². The number of hydrogen-bond donors (Lipinski definition) is 1. The smallest absolute Gasteiger partial charge is 0.0237 e. The number of likely N-dealkylation sites (N-methyl/N-ethyl adjacent to an activating group) is 1. The Kier molecular flexibility index (Phi) is 4.75. The Labute approximate surface area is 111 Å². The largest absolute Gasteiger partial charge is 0.326 e. The molecule has 1 atom stereocenters. The van der Waals surface area contributed by atoms with Crippen LogP contribution in [0.3, 0.4) is 0 Å². The summed E-state index contributed by atoms with van der Waals surface area (Å²) in [5.74, 6) is 0. The summed E-state index contributed by atoms with van der Waals surface area (Å²) in [6.45, 7) is 4.11. The Hall–Kier alpha value is -0.900. The van der Waals surface area contributed by atoms with Crippen LogP contribution in [0.1, 0.15) is 24.0 Å². The van der Waals surface area contributed by atoms with Crippen molar-refractivity contribution < 1.29 is 0 Å². The Morgan fingerprint density at radius 3 is 2.50 bits per heavy atom. The van der Waals surface area contributed by atoms with E-state index in [4.69, 9.17) is 5.73 Å². The number of hydrogen-bond acceptors (Lipinski definition) is 3. The summed E-state index contributed by atoms with van der Waals surface area (Å²) in [6, 6.07) is 9.44. The van der Waals surface area contributed by atoms with Crippen molar-refractivity contribution in [3.63, 3.8) is 0 Å². The molecule has 1 fully saturated rings. The molecule has 2 rings (SSSR count). The number of nitrogens with two attached hydrogens (primary N) is 1. The summed E-state index contributed by atoms with van der Waals surface area (Å²) in [6.07, 6.45) is 2.67. The molecule has 0 aliphatic carbocycles. The summed E-state index contributed by atoms with van der Waals surface area (Å²) in [5.41, 5.74) is 8.24. The first-order valence-electron chi connectivity index (χ1n) is 6.85. The molecule has 2 N–H and O–H groups in total. The Balaban J connectivity index is 1.94. The summed E-state index contributed by atoms with van der Waals surface area (Å²) in [5, 5.41) is 0. The summed E-state index contributed by atoms with van der Waals surface area (Å²) in [7, 11) is 4.32. The molecule has 0 radical (unpaired) electrons. The molecule has 1 unspecified atom stereocenters. The van der Waals surface area contributed by atoms with Crippen LogP contribution in [0, 0.1) is 0 Å². The average Bonchev–Trinajstić information content (AvgIpc) is 2.77. The lowest BCUT2D eigenvalue weighted by atomic mass is 10.1. The van der Waals surface area contributed by atoms with Gasteiger partial charge in [0.25, 0.3) is 0 Å². The van der Waals surface area contributed by atoms with Gasteiger partial charge in [-0.2, -0.15) is 0 Å². The van der Waals surface area contributed by atoms with Crippen molar-refractivity contribution in [2.45, 2.75) is 32.0 Å². The summed E-state index contributed by atoms with van der Waals surface area (Å²) < 4.78 is 0. The molecule has 100 valence electrons. The molecule has 3 nitrogen and oxygen atoms in total. The Morgan fingerprint density at radius 2 is 1.89 bits per heavy atom. The van der Waals surface area contributed by atoms with Crippen molar-refractivity contribution in [2.24, 2.45) is 5.73 Å². The number of nitrogens with zero attached hydrogens (tertiary/aromatic N) is 2. The SMILES string of the molecule is CN(C)CC1CCCN1Cc1ccc(CN)cc1. The van der Waals surface area contributed by atoms with E-state index in [0.717, 1.165) is 6.54 Å². The van der Waals surface area contributed by atoms with E-state index in [1.807, 2.05) is 0 Å². The molecule has 0 spiro atoms. The second kappa shape index (κ2) is 6.32. The normalized spacial score (nSPS) is 20.8. The van der Waals surface area contributed by atoms with Crippen LogP contribution < -0.4 is 5.73 Å². The molecule has 3 heteroatoms. The van der Waals surface area contributed by atoms with Crippen LogP contribution in [-0.2, 0) is 13.1 Å². The third-order valence-corrected chi connectivity index (χ3v) is 3.72. The van der Waals surface area contributed by atoms with Gasteiger partial charge in [-0.25, -0.2) is 0 Å². The predicted molar refractivity (Wildman–Crippen MR) is 76.3 cm³/mol. The van der Waals surface area contributed by atoms with Crippen LogP contribution in [0.4, 0.5) is 0 Å². The van der Waals surface area contributed by atoms with Gasteiger partial charge in [-0.15, -0.1) is 0 Å². The molecule has 18 heavy (non-hydrogen) atoms. The minimum Gasteiger partial charge on any atom is -0.326 e. The van der Waals surface area contributed by atoms with E-state index < -0.39 is 0 Å². The van der Waals surface area contributed by atoms with E-state index in [0.29, 0.717) is 12.6 Å². The van der Waals surface area contributed by atoms with Crippen LogP contribution >= 0.6 is 0 Å². The van der Waals surface area contributed by atoms with Gasteiger partial charge in [-0.1, -0.05) is 24.3 Å². The van der Waals surface area contributed by atoms with Crippen molar-refractivity contribution in [1.29, 1.82) is 0 Å². The molecule has 0 saturated carbocycles. The maximum atomic E-state index is 5.62. The molecule has 1 heterocycles. The van der Waals surface area contributed by atoms with Gasteiger partial charge in [0, 0.05) is 25.7 Å². The van der Waals surface area contributed by atoms with E-state index in [2.05, 4.69) is 48.2 Å². The van der Waals surface area contributed by atoms with Gasteiger partial charge >= 0.3 is 0 Å². The van der Waals surface area contributed by atoms with Crippen molar-refractivity contribution in [3.05, 3.63) is 35.4 Å². The van der Waals surface area contributed by atoms with Gasteiger partial charge in [0.05, 0.1) is 0 Å². The lowest BCUT2D eigenvalue weighted by molar-refractivity contribution is 0.201. The molecule has 0 aromatic heterocycles. The van der Waals surface area contributed by atoms with E-state index in [-0.39, 0.29) is 0 Å². The maximum absolute atomic E-state index is 5.62.